The van der Waals surface area contributed by atoms with Gasteiger partial charge in [-0.25, -0.2) is 8.70 Å². The number of amides is 1. The van der Waals surface area contributed by atoms with Crippen LogP contribution in [0.25, 0.3) is 0 Å². The minimum Gasteiger partial charge on any atom is -0.354 e. The highest BCUT2D eigenvalue weighted by atomic mass is 32.2. The molecule has 1 atom stereocenters. The first kappa shape index (κ1) is 22.4. The van der Waals surface area contributed by atoms with Gasteiger partial charge >= 0.3 is 10.2 Å². The topological polar surface area (TPSA) is 69.7 Å². The van der Waals surface area contributed by atoms with Crippen LogP contribution in [0.2, 0.25) is 0 Å². The summed E-state index contributed by atoms with van der Waals surface area (Å²) in [6.45, 7) is 4.20. The predicted molar refractivity (Wildman–Crippen MR) is 103 cm³/mol. The standard InChI is InChI=1S/C18H30FN3O3S/c1-5-7-10-15(6-2)13-20-18(23)14-22(26(24,25)21(3)4)17-12-9-8-11-16(17)19/h8-9,11-12,15H,5-7,10,13-14H2,1-4H3,(H,20,23). The summed E-state index contributed by atoms with van der Waals surface area (Å²) >= 11 is 0. The van der Waals surface area contributed by atoms with Crippen LogP contribution in [-0.2, 0) is 15.0 Å². The van der Waals surface area contributed by atoms with Crippen molar-refractivity contribution < 1.29 is 17.6 Å². The molecule has 148 valence electrons. The van der Waals surface area contributed by atoms with Crippen LogP contribution in [0.5, 0.6) is 0 Å². The molecular formula is C18H30FN3O3S. The predicted octanol–water partition coefficient (Wildman–Crippen LogP) is 2.77. The van der Waals surface area contributed by atoms with Gasteiger partial charge in [0.15, 0.2) is 0 Å². The third kappa shape index (κ3) is 6.25. The average molecular weight is 388 g/mol. The van der Waals surface area contributed by atoms with E-state index in [2.05, 4.69) is 19.2 Å². The molecule has 1 amide bonds. The van der Waals surface area contributed by atoms with Gasteiger partial charge in [-0.1, -0.05) is 45.2 Å². The molecule has 1 unspecified atom stereocenters. The molecule has 1 aromatic carbocycles. The Kier molecular flexibility index (Phi) is 9.01. The normalized spacial score (nSPS) is 12.8. The molecule has 1 N–H and O–H groups in total. The number of unbranched alkanes of at least 4 members (excludes halogenated alkanes) is 1. The number of anilines is 1. The minimum atomic E-state index is -4.00. The Morgan fingerprint density at radius 2 is 1.88 bits per heavy atom. The third-order valence-corrected chi connectivity index (χ3v) is 6.09. The number of carbonyl (C=O) groups is 1. The Bertz CT molecular complexity index is 680. The van der Waals surface area contributed by atoms with E-state index < -0.39 is 28.5 Å². The fourth-order valence-electron chi connectivity index (χ4n) is 2.53. The number of para-hydroxylation sites is 1. The van der Waals surface area contributed by atoms with Crippen molar-refractivity contribution in [1.82, 2.24) is 9.62 Å². The second-order valence-electron chi connectivity index (χ2n) is 6.47. The Balaban J connectivity index is 2.90. The van der Waals surface area contributed by atoms with Crippen molar-refractivity contribution in [3.63, 3.8) is 0 Å². The zero-order chi connectivity index (χ0) is 19.7. The smallest absolute Gasteiger partial charge is 0.304 e. The zero-order valence-corrected chi connectivity index (χ0v) is 16.9. The fraction of sp³-hybridized carbons (Fsp3) is 0.611. The van der Waals surface area contributed by atoms with Gasteiger partial charge in [-0.2, -0.15) is 12.7 Å². The van der Waals surface area contributed by atoms with Crippen LogP contribution in [0.15, 0.2) is 24.3 Å². The molecule has 0 saturated carbocycles. The second-order valence-corrected chi connectivity index (χ2v) is 8.54. The lowest BCUT2D eigenvalue weighted by atomic mass is 9.99. The van der Waals surface area contributed by atoms with Crippen LogP contribution in [0.1, 0.15) is 39.5 Å². The minimum absolute atomic E-state index is 0.144. The first-order chi connectivity index (χ1) is 12.2. The van der Waals surface area contributed by atoms with Gasteiger partial charge in [0.2, 0.25) is 5.91 Å². The Morgan fingerprint density at radius 3 is 2.42 bits per heavy atom. The summed E-state index contributed by atoms with van der Waals surface area (Å²) < 4.78 is 41.0. The van der Waals surface area contributed by atoms with Crippen molar-refractivity contribution in [1.29, 1.82) is 0 Å². The highest BCUT2D eigenvalue weighted by Gasteiger charge is 2.29. The molecule has 6 nitrogen and oxygen atoms in total. The summed E-state index contributed by atoms with van der Waals surface area (Å²) in [6.07, 6.45) is 4.13. The van der Waals surface area contributed by atoms with Crippen molar-refractivity contribution in [2.45, 2.75) is 39.5 Å². The first-order valence-corrected chi connectivity index (χ1v) is 10.3. The molecule has 0 aromatic heterocycles. The summed E-state index contributed by atoms with van der Waals surface area (Å²) in [5, 5.41) is 2.79. The number of carbonyl (C=O) groups excluding carboxylic acids is 1. The van der Waals surface area contributed by atoms with E-state index in [1.54, 1.807) is 0 Å². The molecule has 0 aliphatic heterocycles. The molecule has 0 heterocycles. The van der Waals surface area contributed by atoms with Gasteiger partial charge in [0, 0.05) is 20.6 Å². The van der Waals surface area contributed by atoms with E-state index in [-0.39, 0.29) is 5.69 Å². The molecule has 0 saturated heterocycles. The van der Waals surface area contributed by atoms with Gasteiger partial charge in [0.1, 0.15) is 12.4 Å². The van der Waals surface area contributed by atoms with Crippen molar-refractivity contribution in [2.75, 3.05) is 31.5 Å². The first-order valence-electron chi connectivity index (χ1n) is 8.95. The largest absolute Gasteiger partial charge is 0.354 e. The second kappa shape index (κ2) is 10.5. The molecule has 0 aliphatic rings. The highest BCUT2D eigenvalue weighted by molar-refractivity contribution is 7.90. The van der Waals surface area contributed by atoms with Gasteiger partial charge in [0.05, 0.1) is 5.69 Å². The molecule has 0 fully saturated rings. The molecule has 1 rings (SSSR count). The Morgan fingerprint density at radius 1 is 1.23 bits per heavy atom. The molecule has 1 aromatic rings. The van der Waals surface area contributed by atoms with Crippen LogP contribution in [-0.4, -0.2) is 45.8 Å². The van der Waals surface area contributed by atoms with Crippen molar-refractivity contribution in [2.24, 2.45) is 5.92 Å². The molecule has 0 aliphatic carbocycles. The van der Waals surface area contributed by atoms with E-state index >= 15 is 0 Å². The lowest BCUT2D eigenvalue weighted by molar-refractivity contribution is -0.119. The van der Waals surface area contributed by atoms with Gasteiger partial charge in [-0.15, -0.1) is 0 Å². The number of hydrogen-bond donors (Lipinski definition) is 1. The monoisotopic (exact) mass is 387 g/mol. The molecule has 26 heavy (non-hydrogen) atoms. The van der Waals surface area contributed by atoms with E-state index in [1.807, 2.05) is 0 Å². The molecule has 0 spiro atoms. The Hall–Kier alpha value is -1.67. The molecule has 0 radical (unpaired) electrons. The van der Waals surface area contributed by atoms with Crippen LogP contribution >= 0.6 is 0 Å². The van der Waals surface area contributed by atoms with E-state index in [0.717, 1.165) is 34.3 Å². The maximum absolute atomic E-state index is 14.1. The number of benzene rings is 1. The van der Waals surface area contributed by atoms with Gasteiger partial charge in [-0.05, 0) is 24.5 Å². The van der Waals surface area contributed by atoms with Gasteiger partial charge < -0.3 is 5.32 Å². The number of rotatable bonds is 11. The van der Waals surface area contributed by atoms with Crippen molar-refractivity contribution in [3.8, 4) is 0 Å². The number of halogens is 1. The van der Waals surface area contributed by atoms with Crippen LogP contribution in [0.4, 0.5) is 10.1 Å². The van der Waals surface area contributed by atoms with E-state index in [0.29, 0.717) is 12.5 Å². The van der Waals surface area contributed by atoms with E-state index in [1.165, 1.54) is 38.4 Å². The summed E-state index contributed by atoms with van der Waals surface area (Å²) in [5.74, 6) is -0.792. The van der Waals surface area contributed by atoms with Crippen molar-refractivity contribution in [3.05, 3.63) is 30.1 Å². The summed E-state index contributed by atoms with van der Waals surface area (Å²) in [4.78, 5) is 12.3. The molecule has 0 bridgehead atoms. The lowest BCUT2D eigenvalue weighted by Gasteiger charge is -2.27. The maximum atomic E-state index is 14.1. The summed E-state index contributed by atoms with van der Waals surface area (Å²) in [7, 11) is -1.31. The van der Waals surface area contributed by atoms with Gasteiger partial charge in [0.25, 0.3) is 0 Å². The third-order valence-electron chi connectivity index (χ3n) is 4.28. The number of nitrogens with zero attached hydrogens (tertiary/aromatic N) is 2. The lowest BCUT2D eigenvalue weighted by Crippen LogP contribution is -2.46. The summed E-state index contributed by atoms with van der Waals surface area (Å²) in [5.41, 5.74) is -0.144. The van der Waals surface area contributed by atoms with E-state index in [9.17, 15) is 17.6 Å². The zero-order valence-electron chi connectivity index (χ0n) is 16.0. The SMILES string of the molecule is CCCCC(CC)CNC(=O)CN(c1ccccc1F)S(=O)(=O)N(C)C. The highest BCUT2D eigenvalue weighted by Crippen LogP contribution is 2.22. The molecular weight excluding hydrogens is 357 g/mol. The van der Waals surface area contributed by atoms with E-state index in [4.69, 9.17) is 0 Å². The fourth-order valence-corrected chi connectivity index (χ4v) is 3.60. The molecule has 8 heteroatoms. The number of nitrogens with one attached hydrogen (secondary N) is 1. The van der Waals surface area contributed by atoms with Crippen LogP contribution in [0.3, 0.4) is 0 Å². The number of hydrogen-bond acceptors (Lipinski definition) is 3. The van der Waals surface area contributed by atoms with Crippen LogP contribution < -0.4 is 9.62 Å². The summed E-state index contributed by atoms with van der Waals surface area (Å²) in [6, 6.07) is 5.52. The van der Waals surface area contributed by atoms with Crippen molar-refractivity contribution >= 4 is 21.8 Å². The van der Waals surface area contributed by atoms with Gasteiger partial charge in [-0.3, -0.25) is 4.79 Å². The van der Waals surface area contributed by atoms with Crippen LogP contribution in [0, 0.1) is 11.7 Å². The maximum Gasteiger partial charge on any atom is 0.304 e. The quantitative estimate of drug-likeness (QED) is 0.635. The average Bonchev–Trinajstić information content (AvgIpc) is 2.60. The Labute approximate surface area is 156 Å².